The number of nitrogens with one attached hydrogen (secondary N) is 2. The van der Waals surface area contributed by atoms with Crippen molar-refractivity contribution in [1.29, 1.82) is 0 Å². The molecule has 0 bridgehead atoms. The molecule has 6 nitrogen and oxygen atoms in total. The lowest BCUT2D eigenvalue weighted by atomic mass is 10.1. The highest BCUT2D eigenvalue weighted by Crippen LogP contribution is 2.18. The van der Waals surface area contributed by atoms with Crippen LogP contribution in [0.25, 0.3) is 22.4 Å². The van der Waals surface area contributed by atoms with Crippen molar-refractivity contribution in [3.63, 3.8) is 0 Å². The van der Waals surface area contributed by atoms with Crippen molar-refractivity contribution in [3.05, 3.63) is 52.7 Å². The van der Waals surface area contributed by atoms with E-state index >= 15 is 0 Å². The molecule has 0 aliphatic heterocycles. The van der Waals surface area contributed by atoms with Gasteiger partial charge in [0.25, 0.3) is 5.56 Å². The van der Waals surface area contributed by atoms with Crippen molar-refractivity contribution in [2.24, 2.45) is 0 Å². The van der Waals surface area contributed by atoms with Gasteiger partial charge in [0.15, 0.2) is 0 Å². The molecule has 21 heavy (non-hydrogen) atoms. The molecule has 2 N–H and O–H groups in total. The first-order valence-corrected chi connectivity index (χ1v) is 6.78. The number of fused-ring (bicyclic) bond motifs is 1. The van der Waals surface area contributed by atoms with Crippen LogP contribution < -0.4 is 10.9 Å². The predicted molar refractivity (Wildman–Crippen MR) is 80.8 cm³/mol. The highest BCUT2D eigenvalue weighted by Gasteiger charge is 2.06. The minimum absolute atomic E-state index is 0.160. The molecule has 0 unspecified atom stereocenters. The predicted octanol–water partition coefficient (Wildman–Crippen LogP) is 1.49. The lowest BCUT2D eigenvalue weighted by molar-refractivity contribution is 0.708. The molecule has 0 radical (unpaired) electrons. The van der Waals surface area contributed by atoms with Gasteiger partial charge in [0, 0.05) is 30.6 Å². The Balaban J connectivity index is 2.04. The summed E-state index contributed by atoms with van der Waals surface area (Å²) < 4.78 is 0. The average Bonchev–Trinajstić information content (AvgIpc) is 2.52. The van der Waals surface area contributed by atoms with Crippen LogP contribution in [-0.4, -0.2) is 26.5 Å². The summed E-state index contributed by atoms with van der Waals surface area (Å²) >= 11 is 0. The number of aromatic nitrogens is 4. The lowest BCUT2D eigenvalue weighted by Gasteiger charge is -2.05. The van der Waals surface area contributed by atoms with Crippen LogP contribution in [0.1, 0.15) is 12.6 Å². The minimum atomic E-state index is -0.160. The number of hydrogen-bond acceptors (Lipinski definition) is 5. The van der Waals surface area contributed by atoms with Gasteiger partial charge in [0.1, 0.15) is 5.82 Å². The Labute approximate surface area is 121 Å². The fourth-order valence-electron chi connectivity index (χ4n) is 2.10. The van der Waals surface area contributed by atoms with Gasteiger partial charge in [-0.3, -0.25) is 14.8 Å². The SMILES string of the molecule is CCNCc1cc(=O)[nH]c(-c2ccc3nccnc3c2)n1. The summed E-state index contributed by atoms with van der Waals surface area (Å²) in [5, 5.41) is 3.16. The van der Waals surface area contributed by atoms with Crippen LogP contribution in [0.15, 0.2) is 41.5 Å². The van der Waals surface area contributed by atoms with Crippen LogP contribution in [-0.2, 0) is 6.54 Å². The summed E-state index contributed by atoms with van der Waals surface area (Å²) in [6.45, 7) is 3.41. The topological polar surface area (TPSA) is 83.6 Å². The quantitative estimate of drug-likeness (QED) is 0.757. The first kappa shape index (κ1) is 13.4. The van der Waals surface area contributed by atoms with E-state index in [0.29, 0.717) is 12.4 Å². The molecule has 0 spiro atoms. The number of rotatable bonds is 4. The molecule has 0 saturated carbocycles. The fraction of sp³-hybridized carbons (Fsp3) is 0.200. The van der Waals surface area contributed by atoms with E-state index in [1.807, 2.05) is 25.1 Å². The van der Waals surface area contributed by atoms with Gasteiger partial charge in [-0.1, -0.05) is 6.92 Å². The fourth-order valence-corrected chi connectivity index (χ4v) is 2.10. The second kappa shape index (κ2) is 5.80. The van der Waals surface area contributed by atoms with E-state index in [0.717, 1.165) is 28.8 Å². The summed E-state index contributed by atoms with van der Waals surface area (Å²) in [7, 11) is 0. The van der Waals surface area contributed by atoms with Crippen molar-refractivity contribution in [1.82, 2.24) is 25.3 Å². The Morgan fingerprint density at radius 2 is 1.95 bits per heavy atom. The minimum Gasteiger partial charge on any atom is -0.311 e. The molecule has 0 aliphatic rings. The largest absolute Gasteiger partial charge is 0.311 e. The van der Waals surface area contributed by atoms with Crippen LogP contribution in [0.3, 0.4) is 0 Å². The molecule has 2 aromatic heterocycles. The van der Waals surface area contributed by atoms with Crippen LogP contribution in [0.4, 0.5) is 0 Å². The molecule has 6 heteroatoms. The molecule has 3 rings (SSSR count). The Morgan fingerprint density at radius 1 is 1.14 bits per heavy atom. The van der Waals surface area contributed by atoms with Crippen molar-refractivity contribution in [2.75, 3.05) is 6.54 Å². The van der Waals surface area contributed by atoms with Crippen LogP contribution in [0.2, 0.25) is 0 Å². The molecule has 0 saturated heterocycles. The van der Waals surface area contributed by atoms with Gasteiger partial charge in [0.05, 0.1) is 16.7 Å². The number of H-pyrrole nitrogens is 1. The molecule has 0 amide bonds. The van der Waals surface area contributed by atoms with Crippen molar-refractivity contribution in [2.45, 2.75) is 13.5 Å². The third kappa shape index (κ3) is 2.95. The second-order valence-electron chi connectivity index (χ2n) is 4.63. The van der Waals surface area contributed by atoms with Crippen molar-refractivity contribution < 1.29 is 0 Å². The first-order chi connectivity index (χ1) is 10.3. The van der Waals surface area contributed by atoms with E-state index in [9.17, 15) is 4.79 Å². The lowest BCUT2D eigenvalue weighted by Crippen LogP contribution is -2.17. The van der Waals surface area contributed by atoms with Crippen molar-refractivity contribution in [3.8, 4) is 11.4 Å². The van der Waals surface area contributed by atoms with Crippen LogP contribution >= 0.6 is 0 Å². The molecule has 106 valence electrons. The van der Waals surface area contributed by atoms with Crippen molar-refractivity contribution >= 4 is 11.0 Å². The monoisotopic (exact) mass is 281 g/mol. The molecule has 0 atom stereocenters. The van der Waals surface area contributed by atoms with E-state index in [-0.39, 0.29) is 5.56 Å². The molecular weight excluding hydrogens is 266 g/mol. The zero-order valence-corrected chi connectivity index (χ0v) is 11.6. The molecule has 0 fully saturated rings. The van der Waals surface area contributed by atoms with Gasteiger partial charge < -0.3 is 10.3 Å². The van der Waals surface area contributed by atoms with E-state index in [4.69, 9.17) is 0 Å². The van der Waals surface area contributed by atoms with E-state index < -0.39 is 0 Å². The van der Waals surface area contributed by atoms with Gasteiger partial charge in [-0.2, -0.15) is 0 Å². The number of benzene rings is 1. The number of hydrogen-bond donors (Lipinski definition) is 2. The summed E-state index contributed by atoms with van der Waals surface area (Å²) in [6, 6.07) is 7.13. The van der Waals surface area contributed by atoms with Gasteiger partial charge >= 0.3 is 0 Å². The summed E-state index contributed by atoms with van der Waals surface area (Å²) in [4.78, 5) is 27.5. The summed E-state index contributed by atoms with van der Waals surface area (Å²) in [5.74, 6) is 0.544. The third-order valence-corrected chi connectivity index (χ3v) is 3.09. The number of nitrogens with zero attached hydrogens (tertiary/aromatic N) is 3. The molecule has 3 aromatic rings. The Kier molecular flexibility index (Phi) is 3.70. The average molecular weight is 281 g/mol. The second-order valence-corrected chi connectivity index (χ2v) is 4.63. The highest BCUT2D eigenvalue weighted by atomic mass is 16.1. The first-order valence-electron chi connectivity index (χ1n) is 6.78. The number of aromatic amines is 1. The van der Waals surface area contributed by atoms with Gasteiger partial charge in [0.2, 0.25) is 0 Å². The Bertz CT molecular complexity index is 827. The summed E-state index contributed by atoms with van der Waals surface area (Å²) in [6.07, 6.45) is 3.29. The maximum absolute atomic E-state index is 11.8. The maximum Gasteiger partial charge on any atom is 0.251 e. The zero-order chi connectivity index (χ0) is 14.7. The van der Waals surface area contributed by atoms with E-state index in [1.165, 1.54) is 6.07 Å². The molecule has 1 aromatic carbocycles. The van der Waals surface area contributed by atoms with Crippen LogP contribution in [0, 0.1) is 0 Å². The Hall–Kier alpha value is -2.60. The van der Waals surface area contributed by atoms with Crippen LogP contribution in [0.5, 0.6) is 0 Å². The summed E-state index contributed by atoms with van der Waals surface area (Å²) in [5.41, 5.74) is 2.96. The smallest absolute Gasteiger partial charge is 0.251 e. The molecule has 0 aliphatic carbocycles. The van der Waals surface area contributed by atoms with Gasteiger partial charge in [-0.25, -0.2) is 4.98 Å². The van der Waals surface area contributed by atoms with Gasteiger partial charge in [-0.15, -0.1) is 0 Å². The standard InChI is InChI=1S/C15H15N5O/c1-2-16-9-11-8-14(21)20-15(19-11)10-3-4-12-13(7-10)18-6-5-17-12/h3-8,16H,2,9H2,1H3,(H,19,20,21). The molecule has 2 heterocycles. The Morgan fingerprint density at radius 3 is 2.76 bits per heavy atom. The zero-order valence-electron chi connectivity index (χ0n) is 11.6. The third-order valence-electron chi connectivity index (χ3n) is 3.09. The van der Waals surface area contributed by atoms with E-state index in [2.05, 4.69) is 25.3 Å². The van der Waals surface area contributed by atoms with Gasteiger partial charge in [-0.05, 0) is 24.7 Å². The van der Waals surface area contributed by atoms with E-state index in [1.54, 1.807) is 12.4 Å². The normalized spacial score (nSPS) is 10.9. The molecular formula is C15H15N5O. The highest BCUT2D eigenvalue weighted by molar-refractivity contribution is 5.79. The maximum atomic E-state index is 11.8.